The molecule has 0 saturated carbocycles. The highest BCUT2D eigenvalue weighted by molar-refractivity contribution is 8.04. The van der Waals surface area contributed by atoms with Crippen molar-refractivity contribution in [2.24, 2.45) is 17.8 Å². The third kappa shape index (κ3) is 14.6. The van der Waals surface area contributed by atoms with E-state index in [2.05, 4.69) is 16.5 Å². The molecule has 0 saturated heterocycles. The van der Waals surface area contributed by atoms with E-state index in [0.717, 1.165) is 11.6 Å². The summed E-state index contributed by atoms with van der Waals surface area (Å²) >= 11 is 6.08. The molecule has 0 radical (unpaired) electrons. The molecule has 0 fully saturated rings. The Bertz CT molecular complexity index is 1630. The van der Waals surface area contributed by atoms with Crippen LogP contribution in [0.15, 0.2) is 71.1 Å². The zero-order valence-electron chi connectivity index (χ0n) is 28.6. The number of hydrogen-bond acceptors (Lipinski definition) is 9. The zero-order valence-corrected chi connectivity index (χ0v) is 30.2. The summed E-state index contributed by atoms with van der Waals surface area (Å²) in [6, 6.07) is 14.7. The molecule has 3 N–H and O–H groups in total. The fraction of sp³-hybridized carbons (Fsp3) is 0.417. The number of aliphatic carboxylic acids is 1. The van der Waals surface area contributed by atoms with Crippen LogP contribution in [-0.2, 0) is 54.4 Å². The lowest BCUT2D eigenvalue weighted by atomic mass is 9.86. The average Bonchev–Trinajstić information content (AvgIpc) is 3.04. The second kappa shape index (κ2) is 20.2. The predicted molar refractivity (Wildman–Crippen MR) is 190 cm³/mol. The van der Waals surface area contributed by atoms with Crippen molar-refractivity contribution >= 4 is 62.5 Å². The molecule has 5 atom stereocenters. The van der Waals surface area contributed by atoms with E-state index in [0.29, 0.717) is 5.56 Å². The van der Waals surface area contributed by atoms with E-state index in [9.17, 15) is 38.1 Å². The highest BCUT2D eigenvalue weighted by atomic mass is 35.5. The number of hydrogen-bond donors (Lipinski definition) is 3. The number of carbonyl (C=O) groups is 6. The number of nitrogens with one attached hydrogen (secondary N) is 2. The van der Waals surface area contributed by atoms with Gasteiger partial charge in [0.15, 0.2) is 5.78 Å². The topological polar surface area (TPSA) is 182 Å². The summed E-state index contributed by atoms with van der Waals surface area (Å²) in [7, 11) is -2.89. The normalized spacial score (nSPS) is 15.0. The fourth-order valence-corrected chi connectivity index (χ4v) is 5.43. The van der Waals surface area contributed by atoms with Gasteiger partial charge in [0.05, 0.1) is 42.2 Å². The minimum atomic E-state index is -2.89. The van der Waals surface area contributed by atoms with Gasteiger partial charge in [0.1, 0.15) is 12.6 Å². The summed E-state index contributed by atoms with van der Waals surface area (Å²) in [5.74, 6) is -3.88. The molecule has 2 rings (SSSR count). The molecule has 0 aliphatic heterocycles. The molecule has 0 aliphatic rings. The third-order valence-corrected chi connectivity index (χ3v) is 9.58. The quantitative estimate of drug-likeness (QED) is 0.132. The molecule has 1 unspecified atom stereocenters. The van der Waals surface area contributed by atoms with Crippen LogP contribution in [0.5, 0.6) is 0 Å². The van der Waals surface area contributed by atoms with E-state index in [-0.39, 0.29) is 24.0 Å². The van der Waals surface area contributed by atoms with Crippen LogP contribution in [0.2, 0.25) is 0 Å². The highest BCUT2D eigenvalue weighted by Gasteiger charge is 2.34. The molecule has 12 nitrogen and oxygen atoms in total. The molecule has 0 spiro atoms. The largest absolute Gasteiger partial charge is 0.481 e. The summed E-state index contributed by atoms with van der Waals surface area (Å²) in [5, 5.41) is 14.6. The number of halogens is 1. The molecule has 272 valence electrons. The Morgan fingerprint density at radius 1 is 0.860 bits per heavy atom. The van der Waals surface area contributed by atoms with Gasteiger partial charge in [0.2, 0.25) is 11.8 Å². The van der Waals surface area contributed by atoms with Crippen LogP contribution in [0.25, 0.3) is 0 Å². The first-order valence-electron chi connectivity index (χ1n) is 16.0. The zero-order chi connectivity index (χ0) is 37.4. The van der Waals surface area contributed by atoms with E-state index in [4.69, 9.17) is 21.1 Å². The maximum atomic E-state index is 13.9. The van der Waals surface area contributed by atoms with Crippen LogP contribution >= 0.6 is 11.6 Å². The summed E-state index contributed by atoms with van der Waals surface area (Å²) in [6.07, 6.45) is 0.554. The van der Waals surface area contributed by atoms with Gasteiger partial charge in [0.25, 0.3) is 0 Å². The van der Waals surface area contributed by atoms with Crippen molar-refractivity contribution in [3.05, 3.63) is 82.2 Å². The van der Waals surface area contributed by atoms with Crippen LogP contribution < -0.4 is 10.6 Å². The molecule has 2 aromatic rings. The number of carboxylic acid groups (broad SMARTS) is 1. The number of ketones is 1. The molecule has 14 heteroatoms. The molecular formula is C36H45ClN2O10S. The lowest BCUT2D eigenvalue weighted by Crippen LogP contribution is -2.44. The minimum absolute atomic E-state index is 0.0424. The lowest BCUT2D eigenvalue weighted by Gasteiger charge is -2.26. The Morgan fingerprint density at radius 3 is 1.94 bits per heavy atom. The van der Waals surface area contributed by atoms with Gasteiger partial charge >= 0.3 is 17.9 Å². The maximum Gasteiger partial charge on any atom is 0.306 e. The summed E-state index contributed by atoms with van der Waals surface area (Å²) < 4.78 is 22.4. The second-order valence-corrected chi connectivity index (χ2v) is 15.2. The van der Waals surface area contributed by atoms with E-state index in [1.807, 2.05) is 6.07 Å². The van der Waals surface area contributed by atoms with Crippen molar-refractivity contribution in [1.82, 2.24) is 10.6 Å². The first kappa shape index (κ1) is 41.7. The summed E-state index contributed by atoms with van der Waals surface area (Å²) in [5.41, 5.74) is 1.12. The van der Waals surface area contributed by atoms with Crippen molar-refractivity contribution in [3.8, 4) is 0 Å². The smallest absolute Gasteiger partial charge is 0.306 e. The fourth-order valence-electron chi connectivity index (χ4n) is 4.83. The van der Waals surface area contributed by atoms with Crippen LogP contribution in [0.1, 0.15) is 63.6 Å². The van der Waals surface area contributed by atoms with Gasteiger partial charge in [-0.2, -0.15) is 0 Å². The van der Waals surface area contributed by atoms with Crippen molar-refractivity contribution in [2.45, 2.75) is 65.1 Å². The standard InChI is InChI=1S/C36H45ClN2O10S/c1-6-48-32(43)17-26(18-33(44)49-22-24-13-9-7-10-14-24)35(45)39-34(25-15-11-8-12-16-25)29(40)21-28(23(2)3)36(46)38-27(20-31(41)42)19-30(37)50(4,5)47/h7-16,19,23,26-28,34H,4,6,17-18,20-22H2,1-3,5H3,(H,38,46)(H,39,45)(H,41,42)/b30-19+/t26-,27-,28+,34+,50?/m1/s1. The van der Waals surface area contributed by atoms with Crippen molar-refractivity contribution in [1.29, 1.82) is 0 Å². The average molecular weight is 733 g/mol. The number of carboxylic acids is 1. The minimum Gasteiger partial charge on any atom is -0.481 e. The van der Waals surface area contributed by atoms with Crippen molar-refractivity contribution in [2.75, 3.05) is 12.9 Å². The van der Waals surface area contributed by atoms with E-state index in [1.165, 1.54) is 6.26 Å². The van der Waals surface area contributed by atoms with Gasteiger partial charge in [-0.15, -0.1) is 0 Å². The van der Waals surface area contributed by atoms with Crippen LogP contribution in [-0.4, -0.2) is 69.6 Å². The summed E-state index contributed by atoms with van der Waals surface area (Å²) in [6.45, 7) is 5.02. The molecular weight excluding hydrogens is 688 g/mol. The Kier molecular flexibility index (Phi) is 16.9. The number of rotatable bonds is 20. The van der Waals surface area contributed by atoms with Crippen molar-refractivity contribution in [3.63, 3.8) is 0 Å². The Balaban J connectivity index is 2.33. The second-order valence-electron chi connectivity index (χ2n) is 12.1. The molecule has 0 aliphatic carbocycles. The molecule has 0 aromatic heterocycles. The van der Waals surface area contributed by atoms with Gasteiger partial charge in [0, 0.05) is 28.1 Å². The number of carbonyl (C=O) groups excluding carboxylic acids is 5. The summed E-state index contributed by atoms with van der Waals surface area (Å²) in [4.78, 5) is 77.9. The van der Waals surface area contributed by atoms with E-state index in [1.54, 1.807) is 75.4 Å². The Hall–Kier alpha value is -4.49. The number of esters is 2. The van der Waals surface area contributed by atoms with Crippen molar-refractivity contribution < 1.29 is 47.6 Å². The van der Waals surface area contributed by atoms with Gasteiger partial charge in [-0.05, 0) is 35.9 Å². The maximum absolute atomic E-state index is 13.9. The van der Waals surface area contributed by atoms with Gasteiger partial charge in [-0.25, -0.2) is 0 Å². The number of amides is 2. The number of Topliss-reactive ketones (excluding diaryl/α,β-unsaturated/α-hetero) is 1. The SMILES string of the molecule is C=S(C)(=O)/C(Cl)=C/[C@H](CC(=O)O)NC(=O)[C@@H](CC(=O)[C@@H](NC(=O)[C@H](CC(=O)OCC)CC(=O)OCc1ccccc1)c1ccccc1)C(C)C. The van der Waals surface area contributed by atoms with Gasteiger partial charge in [-0.3, -0.25) is 33.0 Å². The first-order chi connectivity index (χ1) is 23.5. The van der Waals surface area contributed by atoms with E-state index >= 15 is 0 Å². The Morgan fingerprint density at radius 2 is 1.42 bits per heavy atom. The van der Waals surface area contributed by atoms with Crippen LogP contribution in [0, 0.1) is 17.8 Å². The van der Waals surface area contributed by atoms with E-state index < -0.39 is 94.1 Å². The molecule has 2 amide bonds. The van der Waals surface area contributed by atoms with Gasteiger partial charge < -0.3 is 25.2 Å². The predicted octanol–water partition coefficient (Wildman–Crippen LogP) is 4.16. The molecule has 0 heterocycles. The number of benzene rings is 2. The molecule has 0 bridgehead atoms. The third-order valence-electron chi connectivity index (χ3n) is 7.52. The molecule has 2 aromatic carbocycles. The highest BCUT2D eigenvalue weighted by Crippen LogP contribution is 2.25. The first-order valence-corrected chi connectivity index (χ1v) is 18.5. The monoisotopic (exact) mass is 732 g/mol. The van der Waals surface area contributed by atoms with Gasteiger partial charge in [-0.1, -0.05) is 86.1 Å². The molecule has 50 heavy (non-hydrogen) atoms. The Labute approximate surface area is 297 Å². The lowest BCUT2D eigenvalue weighted by molar-refractivity contribution is -0.151. The number of ether oxygens (including phenoxy) is 2. The van der Waals surface area contributed by atoms with Crippen LogP contribution in [0.3, 0.4) is 0 Å². The van der Waals surface area contributed by atoms with Crippen LogP contribution in [0.4, 0.5) is 0 Å².